The highest BCUT2D eigenvalue weighted by atomic mass is 35.5. The second kappa shape index (κ2) is 6.63. The Kier molecular flexibility index (Phi) is 4.61. The number of hydrogen-bond acceptors (Lipinski definition) is 2. The van der Waals surface area contributed by atoms with E-state index < -0.39 is 0 Å². The van der Waals surface area contributed by atoms with Gasteiger partial charge in [-0.25, -0.2) is 0 Å². The Hall–Kier alpha value is -1.32. The molecule has 0 aliphatic heterocycles. The summed E-state index contributed by atoms with van der Waals surface area (Å²) in [5.41, 5.74) is 2.63. The topological polar surface area (TPSA) is 29.9 Å². The van der Waals surface area contributed by atoms with Crippen molar-refractivity contribution >= 4 is 11.6 Å². The van der Waals surface area contributed by atoms with Gasteiger partial charge in [0.05, 0.1) is 6.20 Å². The molecule has 1 heterocycles. The molecule has 4 heteroatoms. The largest absolute Gasteiger partial charge is 0.313 e. The maximum absolute atomic E-state index is 6.15. The predicted octanol–water partition coefficient (Wildman–Crippen LogP) is 3.54. The van der Waals surface area contributed by atoms with Gasteiger partial charge in [0.2, 0.25) is 0 Å². The molecule has 0 amide bonds. The van der Waals surface area contributed by atoms with Gasteiger partial charge in [0, 0.05) is 30.9 Å². The number of rotatable bonds is 7. The summed E-state index contributed by atoms with van der Waals surface area (Å²) in [6.45, 7) is 1.03. The first-order valence-electron chi connectivity index (χ1n) is 7.67. The lowest BCUT2D eigenvalue weighted by atomic mass is 9.93. The average Bonchev–Trinajstić information content (AvgIpc) is 3.20. The highest BCUT2D eigenvalue weighted by Gasteiger charge is 2.22. The van der Waals surface area contributed by atoms with Crippen LogP contribution in [0.4, 0.5) is 0 Å². The third-order valence-electron chi connectivity index (χ3n) is 4.09. The van der Waals surface area contributed by atoms with Gasteiger partial charge in [-0.05, 0) is 54.9 Å². The van der Waals surface area contributed by atoms with Crippen molar-refractivity contribution in [3.63, 3.8) is 0 Å². The predicted molar refractivity (Wildman–Crippen MR) is 86.7 cm³/mol. The van der Waals surface area contributed by atoms with Gasteiger partial charge in [0.15, 0.2) is 0 Å². The molecule has 0 spiro atoms. The maximum atomic E-state index is 6.15. The third-order valence-corrected chi connectivity index (χ3v) is 4.33. The fourth-order valence-corrected chi connectivity index (χ4v) is 2.88. The summed E-state index contributed by atoms with van der Waals surface area (Å²) in [7, 11) is 1.96. The Morgan fingerprint density at radius 2 is 2.29 bits per heavy atom. The van der Waals surface area contributed by atoms with Crippen LogP contribution in [0.5, 0.6) is 0 Å². The van der Waals surface area contributed by atoms with Crippen molar-refractivity contribution in [2.45, 2.75) is 37.6 Å². The number of aromatic nitrogens is 2. The smallest absolute Gasteiger partial charge is 0.0521 e. The summed E-state index contributed by atoms with van der Waals surface area (Å²) in [5, 5.41) is 8.72. The van der Waals surface area contributed by atoms with Crippen LogP contribution in [0.3, 0.4) is 0 Å². The summed E-state index contributed by atoms with van der Waals surface area (Å²) in [6, 6.07) is 9.02. The molecule has 3 nitrogen and oxygen atoms in total. The number of nitrogens with one attached hydrogen (secondary N) is 1. The van der Waals surface area contributed by atoms with Gasteiger partial charge in [-0.1, -0.05) is 23.7 Å². The molecule has 0 radical (unpaired) electrons. The van der Waals surface area contributed by atoms with Crippen LogP contribution in [-0.4, -0.2) is 22.4 Å². The number of aryl methyl sites for hydroxylation is 2. The van der Waals surface area contributed by atoms with Crippen molar-refractivity contribution in [2.75, 3.05) is 6.54 Å². The van der Waals surface area contributed by atoms with Crippen molar-refractivity contribution in [3.05, 3.63) is 52.8 Å². The summed E-state index contributed by atoms with van der Waals surface area (Å²) in [5.74, 6) is 0.504. The molecule has 1 aliphatic carbocycles. The minimum Gasteiger partial charge on any atom is -0.313 e. The van der Waals surface area contributed by atoms with Crippen molar-refractivity contribution < 1.29 is 0 Å². The van der Waals surface area contributed by atoms with Gasteiger partial charge in [-0.3, -0.25) is 4.68 Å². The molecule has 2 aromatic rings. The maximum Gasteiger partial charge on any atom is 0.0521 e. The van der Waals surface area contributed by atoms with Crippen LogP contribution in [0.1, 0.15) is 36.3 Å². The van der Waals surface area contributed by atoms with E-state index >= 15 is 0 Å². The molecule has 1 aliphatic rings. The van der Waals surface area contributed by atoms with Crippen LogP contribution in [0, 0.1) is 0 Å². The summed E-state index contributed by atoms with van der Waals surface area (Å²) in [6.07, 6.45) is 8.88. The lowest BCUT2D eigenvalue weighted by Crippen LogP contribution is -2.24. The van der Waals surface area contributed by atoms with Crippen LogP contribution >= 0.6 is 11.6 Å². The van der Waals surface area contributed by atoms with Crippen molar-refractivity contribution in [1.82, 2.24) is 15.1 Å². The molecular weight excluding hydrogens is 282 g/mol. The molecule has 1 N–H and O–H groups in total. The highest BCUT2D eigenvalue weighted by molar-refractivity contribution is 6.30. The first-order chi connectivity index (χ1) is 10.2. The van der Waals surface area contributed by atoms with Crippen LogP contribution in [-0.2, 0) is 13.5 Å². The van der Waals surface area contributed by atoms with E-state index in [1.165, 1.54) is 24.0 Å². The van der Waals surface area contributed by atoms with Crippen molar-refractivity contribution in [2.24, 2.45) is 7.05 Å². The molecule has 1 aromatic carbocycles. The molecular formula is C17H22ClN3. The Balaban J connectivity index is 1.65. The third kappa shape index (κ3) is 4.32. The number of hydrogen-bond donors (Lipinski definition) is 1. The van der Waals surface area contributed by atoms with E-state index in [0.717, 1.165) is 30.5 Å². The molecule has 0 bridgehead atoms. The number of halogens is 1. The van der Waals surface area contributed by atoms with E-state index in [-0.39, 0.29) is 0 Å². The standard InChI is InChI=1S/C17H22ClN3/c1-21-12-13(10-20-21)5-6-15(11-19-17-7-8-17)14-3-2-4-16(18)9-14/h2-4,9-10,12,15,17,19H,5-8,11H2,1H3. The number of nitrogens with zero attached hydrogens (tertiary/aromatic N) is 2. The van der Waals surface area contributed by atoms with Crippen LogP contribution in [0.2, 0.25) is 5.02 Å². The van der Waals surface area contributed by atoms with Gasteiger partial charge in [-0.15, -0.1) is 0 Å². The Labute approximate surface area is 131 Å². The molecule has 1 aromatic heterocycles. The van der Waals surface area contributed by atoms with Crippen LogP contribution in [0.25, 0.3) is 0 Å². The Morgan fingerprint density at radius 1 is 1.43 bits per heavy atom. The van der Waals surface area contributed by atoms with E-state index in [4.69, 9.17) is 11.6 Å². The highest BCUT2D eigenvalue weighted by Crippen LogP contribution is 2.26. The van der Waals surface area contributed by atoms with Crippen LogP contribution < -0.4 is 5.32 Å². The SMILES string of the molecule is Cn1cc(CCC(CNC2CC2)c2cccc(Cl)c2)cn1. The molecule has 0 saturated heterocycles. The fraction of sp³-hybridized carbons (Fsp3) is 0.471. The van der Waals surface area contributed by atoms with Gasteiger partial charge >= 0.3 is 0 Å². The van der Waals surface area contributed by atoms with E-state index in [9.17, 15) is 0 Å². The molecule has 21 heavy (non-hydrogen) atoms. The zero-order valence-corrected chi connectivity index (χ0v) is 13.2. The lowest BCUT2D eigenvalue weighted by molar-refractivity contribution is 0.548. The normalized spacial score (nSPS) is 16.1. The lowest BCUT2D eigenvalue weighted by Gasteiger charge is -2.18. The van der Waals surface area contributed by atoms with E-state index in [0.29, 0.717) is 5.92 Å². The Morgan fingerprint density at radius 3 is 2.95 bits per heavy atom. The van der Waals surface area contributed by atoms with Crippen LogP contribution in [0.15, 0.2) is 36.7 Å². The fourth-order valence-electron chi connectivity index (χ4n) is 2.69. The average molecular weight is 304 g/mol. The summed E-state index contributed by atoms with van der Waals surface area (Å²) in [4.78, 5) is 0. The second-order valence-electron chi connectivity index (χ2n) is 6.00. The molecule has 1 fully saturated rings. The monoisotopic (exact) mass is 303 g/mol. The molecule has 112 valence electrons. The quantitative estimate of drug-likeness (QED) is 0.848. The molecule has 1 saturated carbocycles. The van der Waals surface area contributed by atoms with E-state index in [1.54, 1.807) is 0 Å². The van der Waals surface area contributed by atoms with E-state index in [1.807, 2.05) is 30.1 Å². The zero-order valence-electron chi connectivity index (χ0n) is 12.4. The van der Waals surface area contributed by atoms with Gasteiger partial charge < -0.3 is 5.32 Å². The Bertz CT molecular complexity index is 589. The molecule has 3 rings (SSSR count). The minimum atomic E-state index is 0.504. The zero-order chi connectivity index (χ0) is 14.7. The van der Waals surface area contributed by atoms with Crippen molar-refractivity contribution in [1.29, 1.82) is 0 Å². The summed E-state index contributed by atoms with van der Waals surface area (Å²) < 4.78 is 1.87. The van der Waals surface area contributed by atoms with Gasteiger partial charge in [0.25, 0.3) is 0 Å². The molecule has 1 unspecified atom stereocenters. The molecule has 1 atom stereocenters. The second-order valence-corrected chi connectivity index (χ2v) is 6.43. The minimum absolute atomic E-state index is 0.504. The summed E-state index contributed by atoms with van der Waals surface area (Å²) >= 11 is 6.15. The van der Waals surface area contributed by atoms with Gasteiger partial charge in [-0.2, -0.15) is 5.10 Å². The van der Waals surface area contributed by atoms with E-state index in [2.05, 4.69) is 28.7 Å². The first kappa shape index (κ1) is 14.6. The first-order valence-corrected chi connectivity index (χ1v) is 8.05. The van der Waals surface area contributed by atoms with Crippen molar-refractivity contribution in [3.8, 4) is 0 Å². The number of benzene rings is 1. The van der Waals surface area contributed by atoms with Gasteiger partial charge in [0.1, 0.15) is 0 Å².